The van der Waals surface area contributed by atoms with Crippen LogP contribution in [0.2, 0.25) is 0 Å². The summed E-state index contributed by atoms with van der Waals surface area (Å²) < 4.78 is 22.7. The molecule has 9 heteroatoms. The van der Waals surface area contributed by atoms with Gasteiger partial charge in [-0.25, -0.2) is 0 Å². The van der Waals surface area contributed by atoms with Gasteiger partial charge >= 0.3 is 0 Å². The highest BCUT2D eigenvalue weighted by Gasteiger charge is 2.24. The monoisotopic (exact) mass is 570 g/mol. The maximum Gasteiger partial charge on any atom is 0.268 e. The van der Waals surface area contributed by atoms with E-state index in [1.165, 1.54) is 0 Å². The number of aliphatic hydroxyl groups is 1. The fourth-order valence-electron chi connectivity index (χ4n) is 3.46. The van der Waals surface area contributed by atoms with Crippen molar-refractivity contribution in [3.8, 4) is 0 Å². The normalized spacial score (nSPS) is 16.0. The van der Waals surface area contributed by atoms with Gasteiger partial charge in [0.25, 0.3) is 7.82 Å². The lowest BCUT2D eigenvalue weighted by atomic mass is 10.0. The average molecular weight is 571 g/mol. The molecule has 0 spiro atoms. The van der Waals surface area contributed by atoms with E-state index in [0.717, 1.165) is 51.4 Å². The number of unbranched alkanes of at least 4 members (excludes halogenated alkanes) is 3. The Kier molecular flexibility index (Phi) is 22.3. The summed E-state index contributed by atoms with van der Waals surface area (Å²) in [5, 5.41) is 13.4. The molecule has 3 atom stereocenters. The van der Waals surface area contributed by atoms with Gasteiger partial charge in [-0.3, -0.25) is 9.36 Å². The molecule has 0 radical (unpaired) electrons. The summed E-state index contributed by atoms with van der Waals surface area (Å²) in [6.07, 6.45) is 24.7. The third-order valence-corrected chi connectivity index (χ3v) is 6.81. The van der Waals surface area contributed by atoms with Gasteiger partial charge in [0.05, 0.1) is 39.9 Å². The number of quaternary nitrogens is 1. The number of phosphoric ester groups is 1. The molecule has 0 aliphatic heterocycles. The van der Waals surface area contributed by atoms with Gasteiger partial charge in [0.1, 0.15) is 13.2 Å². The maximum absolute atomic E-state index is 12.5. The Morgan fingerprint density at radius 2 is 1.51 bits per heavy atom. The summed E-state index contributed by atoms with van der Waals surface area (Å²) in [5.41, 5.74) is 0. The molecule has 1 amide bonds. The van der Waals surface area contributed by atoms with Gasteiger partial charge in [0.15, 0.2) is 0 Å². The number of hydrogen-bond donors (Lipinski definition) is 2. The van der Waals surface area contributed by atoms with Crippen LogP contribution in [0.15, 0.2) is 48.6 Å². The lowest BCUT2D eigenvalue weighted by Crippen LogP contribution is -2.46. The molecule has 0 aliphatic carbocycles. The Bertz CT molecular complexity index is 789. The van der Waals surface area contributed by atoms with Crippen LogP contribution in [0.5, 0.6) is 0 Å². The van der Waals surface area contributed by atoms with Crippen LogP contribution in [-0.4, -0.2) is 68.5 Å². The minimum absolute atomic E-state index is 0.00422. The standard InChI is InChI=1S/C30H55N2O6P/c1-6-8-10-12-13-14-15-16-17-18-19-20-22-24-30(34)31-28(29(33)23-21-11-9-7-2)27-38-39(35,36)37-26-25-32(3,4)5/h8,10,13-14,16-17,19-20,28-29,33H,6-7,9,11-12,15,18,21-27H2,1-5H3,(H-,31,34,35,36)/b10-8-,14-13-,17-16-,20-19-. The lowest BCUT2D eigenvalue weighted by molar-refractivity contribution is -0.870. The van der Waals surface area contributed by atoms with E-state index in [2.05, 4.69) is 55.6 Å². The van der Waals surface area contributed by atoms with Crippen molar-refractivity contribution in [2.45, 2.75) is 96.6 Å². The maximum atomic E-state index is 12.5. The van der Waals surface area contributed by atoms with E-state index in [9.17, 15) is 19.4 Å². The number of amides is 1. The van der Waals surface area contributed by atoms with Crippen molar-refractivity contribution >= 4 is 13.7 Å². The number of allylic oxidation sites excluding steroid dienone is 8. The SMILES string of the molecule is CC/C=C\C/C=C\C/C=C\C/C=C\CCC(=O)NC(COP(=O)([O-])OCC[N+](C)(C)C)C(O)CCCCCC. The fraction of sp³-hybridized carbons (Fsp3) is 0.700. The molecule has 0 aliphatic rings. The van der Waals surface area contributed by atoms with Crippen molar-refractivity contribution in [1.29, 1.82) is 0 Å². The van der Waals surface area contributed by atoms with Gasteiger partial charge in [-0.15, -0.1) is 0 Å². The van der Waals surface area contributed by atoms with E-state index in [1.807, 2.05) is 33.3 Å². The molecule has 0 fully saturated rings. The average Bonchev–Trinajstić information content (AvgIpc) is 2.86. The second-order valence-electron chi connectivity index (χ2n) is 10.7. The van der Waals surface area contributed by atoms with Crippen LogP contribution in [0.4, 0.5) is 0 Å². The van der Waals surface area contributed by atoms with Crippen molar-refractivity contribution < 1.29 is 32.9 Å². The molecule has 8 nitrogen and oxygen atoms in total. The van der Waals surface area contributed by atoms with E-state index in [1.54, 1.807) is 0 Å². The number of hydrogen-bond acceptors (Lipinski definition) is 6. The molecule has 0 rings (SSSR count). The zero-order valence-electron chi connectivity index (χ0n) is 25.1. The summed E-state index contributed by atoms with van der Waals surface area (Å²) in [7, 11) is 1.24. The lowest BCUT2D eigenvalue weighted by Gasteiger charge is -2.30. The van der Waals surface area contributed by atoms with Crippen LogP contribution in [-0.2, 0) is 18.4 Å². The van der Waals surface area contributed by atoms with Gasteiger partial charge in [0, 0.05) is 6.42 Å². The van der Waals surface area contributed by atoms with Gasteiger partial charge in [0.2, 0.25) is 5.91 Å². The van der Waals surface area contributed by atoms with E-state index in [0.29, 0.717) is 23.9 Å². The molecular formula is C30H55N2O6P. The number of nitrogens with zero attached hydrogens (tertiary/aromatic N) is 1. The Morgan fingerprint density at radius 3 is 2.08 bits per heavy atom. The van der Waals surface area contributed by atoms with Crippen LogP contribution in [0.25, 0.3) is 0 Å². The summed E-state index contributed by atoms with van der Waals surface area (Å²) in [5.74, 6) is -0.259. The van der Waals surface area contributed by atoms with E-state index >= 15 is 0 Å². The van der Waals surface area contributed by atoms with Crippen LogP contribution in [0.1, 0.15) is 84.5 Å². The molecule has 0 bridgehead atoms. The first-order valence-corrected chi connectivity index (χ1v) is 15.9. The third-order valence-electron chi connectivity index (χ3n) is 5.84. The minimum atomic E-state index is -4.55. The van der Waals surface area contributed by atoms with Crippen molar-refractivity contribution in [3.05, 3.63) is 48.6 Å². The van der Waals surface area contributed by atoms with Gasteiger partial charge in [-0.1, -0.05) is 88.1 Å². The van der Waals surface area contributed by atoms with E-state index < -0.39 is 20.0 Å². The van der Waals surface area contributed by atoms with Crippen molar-refractivity contribution in [1.82, 2.24) is 5.32 Å². The summed E-state index contributed by atoms with van der Waals surface area (Å²) in [4.78, 5) is 24.7. The fourth-order valence-corrected chi connectivity index (χ4v) is 4.18. The minimum Gasteiger partial charge on any atom is -0.756 e. The van der Waals surface area contributed by atoms with E-state index in [4.69, 9.17) is 9.05 Å². The van der Waals surface area contributed by atoms with Gasteiger partial charge in [-0.05, 0) is 38.5 Å². The second-order valence-corrected chi connectivity index (χ2v) is 12.1. The molecular weight excluding hydrogens is 515 g/mol. The molecule has 39 heavy (non-hydrogen) atoms. The first-order valence-electron chi connectivity index (χ1n) is 14.5. The number of phosphoric acid groups is 1. The number of carbonyl (C=O) groups excluding carboxylic acids is 1. The second kappa shape index (κ2) is 23.2. The number of nitrogens with one attached hydrogen (secondary N) is 1. The predicted molar refractivity (Wildman–Crippen MR) is 159 cm³/mol. The Morgan fingerprint density at radius 1 is 0.923 bits per heavy atom. The highest BCUT2D eigenvalue weighted by atomic mass is 31.2. The van der Waals surface area contributed by atoms with Crippen molar-refractivity contribution in [3.63, 3.8) is 0 Å². The molecule has 0 aromatic heterocycles. The Hall–Kier alpha value is -1.54. The summed E-state index contributed by atoms with van der Waals surface area (Å²) in [6, 6.07) is -0.833. The largest absolute Gasteiger partial charge is 0.756 e. The first kappa shape index (κ1) is 37.5. The van der Waals surface area contributed by atoms with Gasteiger partial charge in [-0.2, -0.15) is 0 Å². The predicted octanol–water partition coefficient (Wildman–Crippen LogP) is 5.60. The first-order chi connectivity index (χ1) is 18.5. The summed E-state index contributed by atoms with van der Waals surface area (Å²) >= 11 is 0. The smallest absolute Gasteiger partial charge is 0.268 e. The third kappa shape index (κ3) is 25.2. The van der Waals surface area contributed by atoms with Crippen LogP contribution in [0, 0.1) is 0 Å². The van der Waals surface area contributed by atoms with Crippen LogP contribution >= 0.6 is 7.82 Å². The van der Waals surface area contributed by atoms with Crippen molar-refractivity contribution in [2.24, 2.45) is 0 Å². The zero-order valence-corrected chi connectivity index (χ0v) is 26.0. The zero-order chi connectivity index (χ0) is 29.4. The molecule has 0 aromatic rings. The topological polar surface area (TPSA) is 108 Å². The molecule has 0 saturated carbocycles. The van der Waals surface area contributed by atoms with Crippen LogP contribution in [0.3, 0.4) is 0 Å². The highest BCUT2D eigenvalue weighted by molar-refractivity contribution is 7.45. The molecule has 3 unspecified atom stereocenters. The number of rotatable bonds is 24. The summed E-state index contributed by atoms with van der Waals surface area (Å²) in [6.45, 7) is 4.35. The number of likely N-dealkylation sites (N-methyl/N-ethyl adjacent to an activating group) is 1. The number of aliphatic hydroxyl groups excluding tert-OH is 1. The van der Waals surface area contributed by atoms with E-state index in [-0.39, 0.29) is 25.5 Å². The molecule has 0 heterocycles. The highest BCUT2D eigenvalue weighted by Crippen LogP contribution is 2.38. The number of carbonyl (C=O) groups is 1. The van der Waals surface area contributed by atoms with Crippen LogP contribution < -0.4 is 10.2 Å². The quantitative estimate of drug-likeness (QED) is 0.0677. The van der Waals surface area contributed by atoms with Crippen molar-refractivity contribution in [2.75, 3.05) is 40.9 Å². The molecule has 2 N–H and O–H groups in total. The Balaban J connectivity index is 4.61. The molecule has 226 valence electrons. The molecule has 0 aromatic carbocycles. The Labute approximate surface area is 238 Å². The van der Waals surface area contributed by atoms with Gasteiger partial charge < -0.3 is 28.8 Å². The molecule has 0 saturated heterocycles.